The van der Waals surface area contributed by atoms with Crippen LogP contribution in [0.2, 0.25) is 5.02 Å². The van der Waals surface area contributed by atoms with Crippen LogP contribution in [0.4, 0.5) is 0 Å². The zero-order chi connectivity index (χ0) is 27.1. The van der Waals surface area contributed by atoms with Gasteiger partial charge < -0.3 is 14.6 Å². The highest BCUT2D eigenvalue weighted by Crippen LogP contribution is 2.42. The molecule has 196 valence electrons. The molecule has 0 saturated heterocycles. The van der Waals surface area contributed by atoms with Crippen molar-refractivity contribution in [2.75, 3.05) is 6.79 Å². The van der Waals surface area contributed by atoms with Crippen molar-refractivity contribution >= 4 is 40.1 Å². The molecule has 3 aromatic carbocycles. The lowest BCUT2D eigenvalue weighted by atomic mass is 9.89. The summed E-state index contributed by atoms with van der Waals surface area (Å²) in [7, 11) is 0. The van der Waals surface area contributed by atoms with E-state index in [4.69, 9.17) is 31.2 Å². The highest BCUT2D eigenvalue weighted by atomic mass is 35.5. The van der Waals surface area contributed by atoms with Gasteiger partial charge in [-0.05, 0) is 48.4 Å². The third-order valence-electron chi connectivity index (χ3n) is 6.98. The van der Waals surface area contributed by atoms with E-state index in [2.05, 4.69) is 0 Å². The Kier molecular flexibility index (Phi) is 6.40. The summed E-state index contributed by atoms with van der Waals surface area (Å²) in [6.45, 7) is 2.07. The second-order valence-corrected chi connectivity index (χ2v) is 9.92. The molecule has 0 fully saturated rings. The maximum absolute atomic E-state index is 13.3. The van der Waals surface area contributed by atoms with Gasteiger partial charge in [0.15, 0.2) is 11.5 Å². The number of fused-ring (bicyclic) bond motifs is 2. The Morgan fingerprint density at radius 2 is 1.79 bits per heavy atom. The maximum Gasteiger partial charge on any atom is 0.303 e. The molecule has 6 rings (SSSR count). The first-order chi connectivity index (χ1) is 18.9. The summed E-state index contributed by atoms with van der Waals surface area (Å²) in [6.07, 6.45) is -0.0332. The van der Waals surface area contributed by atoms with Gasteiger partial charge in [0.05, 0.1) is 23.7 Å². The number of hydrazone groups is 1. The fraction of sp³-hybridized carbons (Fsp3) is 0.200. The van der Waals surface area contributed by atoms with E-state index >= 15 is 0 Å². The van der Waals surface area contributed by atoms with Gasteiger partial charge in [-0.15, -0.1) is 0 Å². The standard InChI is InChI=1S/C30H24ClN3O5/c1-17-29(30(18-5-3-2-4-6-18)21-14-20(31)8-9-22(21)32-17)23-15-24(34(33-23)27(35)11-12-28(36)37)19-7-10-25-26(13-19)39-16-38-25/h2-10,13-14,24H,11-12,15-16H2,1H3,(H,36,37)/t24-/m1/s1. The van der Waals surface area contributed by atoms with Crippen LogP contribution in [0.3, 0.4) is 0 Å². The molecule has 39 heavy (non-hydrogen) atoms. The monoisotopic (exact) mass is 541 g/mol. The number of aliphatic carboxylic acids is 1. The molecule has 1 N–H and O–H groups in total. The zero-order valence-electron chi connectivity index (χ0n) is 21.1. The van der Waals surface area contributed by atoms with Gasteiger partial charge in [-0.3, -0.25) is 14.6 Å². The highest BCUT2D eigenvalue weighted by molar-refractivity contribution is 6.31. The Labute approximate surface area is 229 Å². The molecular weight excluding hydrogens is 518 g/mol. The van der Waals surface area contributed by atoms with Crippen molar-refractivity contribution in [2.24, 2.45) is 5.10 Å². The Hall–Kier alpha value is -4.43. The predicted octanol–water partition coefficient (Wildman–Crippen LogP) is 6.13. The fourth-order valence-electron chi connectivity index (χ4n) is 5.22. The molecule has 0 aliphatic carbocycles. The number of aryl methyl sites for hydroxylation is 1. The number of carboxylic acid groups (broad SMARTS) is 1. The Bertz CT molecular complexity index is 1650. The van der Waals surface area contributed by atoms with Crippen LogP contribution in [-0.4, -0.2) is 39.5 Å². The Balaban J connectivity index is 1.51. The van der Waals surface area contributed by atoms with Crippen LogP contribution < -0.4 is 9.47 Å². The summed E-state index contributed by atoms with van der Waals surface area (Å²) < 4.78 is 11.0. The maximum atomic E-state index is 13.3. The second kappa shape index (κ2) is 10.0. The molecule has 2 aliphatic heterocycles. The van der Waals surface area contributed by atoms with Gasteiger partial charge in [-0.2, -0.15) is 5.10 Å². The van der Waals surface area contributed by atoms with Crippen LogP contribution >= 0.6 is 11.6 Å². The number of hydrogen-bond acceptors (Lipinski definition) is 6. The van der Waals surface area contributed by atoms with E-state index < -0.39 is 12.0 Å². The molecule has 9 heteroatoms. The van der Waals surface area contributed by atoms with Gasteiger partial charge in [-0.1, -0.05) is 48.0 Å². The first-order valence-corrected chi connectivity index (χ1v) is 12.9. The SMILES string of the molecule is Cc1nc2ccc(Cl)cc2c(-c2ccccc2)c1C1=NN(C(=O)CCC(=O)O)[C@@H](c2ccc3c(c2)OCO3)C1. The van der Waals surface area contributed by atoms with Crippen molar-refractivity contribution < 1.29 is 24.2 Å². The van der Waals surface area contributed by atoms with E-state index in [1.54, 1.807) is 0 Å². The topological polar surface area (TPSA) is 101 Å². The molecule has 1 amide bonds. The molecule has 3 heterocycles. The second-order valence-electron chi connectivity index (χ2n) is 9.49. The summed E-state index contributed by atoms with van der Waals surface area (Å²) in [6, 6.07) is 20.7. The van der Waals surface area contributed by atoms with Gasteiger partial charge in [0.1, 0.15) is 0 Å². The quantitative estimate of drug-likeness (QED) is 0.315. The first kappa shape index (κ1) is 24.9. The minimum absolute atomic E-state index is 0.136. The summed E-state index contributed by atoms with van der Waals surface area (Å²) in [5.74, 6) is -0.170. The number of amides is 1. The smallest absolute Gasteiger partial charge is 0.303 e. The number of carboxylic acids is 1. The van der Waals surface area contributed by atoms with E-state index in [0.717, 1.165) is 38.9 Å². The van der Waals surface area contributed by atoms with Crippen LogP contribution in [0.1, 0.15) is 42.1 Å². The number of halogens is 1. The molecule has 4 aromatic rings. The minimum Gasteiger partial charge on any atom is -0.481 e. The predicted molar refractivity (Wildman–Crippen MR) is 147 cm³/mol. The third-order valence-corrected chi connectivity index (χ3v) is 7.21. The Morgan fingerprint density at radius 1 is 1.00 bits per heavy atom. The molecule has 0 bridgehead atoms. The van der Waals surface area contributed by atoms with Crippen LogP contribution in [0.25, 0.3) is 22.0 Å². The van der Waals surface area contributed by atoms with Gasteiger partial charge >= 0.3 is 5.97 Å². The van der Waals surface area contributed by atoms with Crippen molar-refractivity contribution in [3.8, 4) is 22.6 Å². The van der Waals surface area contributed by atoms with E-state index in [1.165, 1.54) is 5.01 Å². The lowest BCUT2D eigenvalue weighted by Gasteiger charge is -2.22. The normalized spacial score (nSPS) is 16.0. The van der Waals surface area contributed by atoms with Crippen molar-refractivity contribution in [1.82, 2.24) is 9.99 Å². The van der Waals surface area contributed by atoms with Crippen molar-refractivity contribution in [2.45, 2.75) is 32.2 Å². The van der Waals surface area contributed by atoms with Gasteiger partial charge in [0, 0.05) is 40.1 Å². The molecule has 1 aromatic heterocycles. The molecule has 0 unspecified atom stereocenters. The fourth-order valence-corrected chi connectivity index (χ4v) is 5.39. The van der Waals surface area contributed by atoms with Crippen molar-refractivity contribution in [1.29, 1.82) is 0 Å². The number of benzene rings is 3. The number of hydrogen-bond donors (Lipinski definition) is 1. The molecule has 8 nitrogen and oxygen atoms in total. The van der Waals surface area contributed by atoms with Crippen LogP contribution in [-0.2, 0) is 9.59 Å². The van der Waals surface area contributed by atoms with Gasteiger partial charge in [0.2, 0.25) is 12.7 Å². The van der Waals surface area contributed by atoms with E-state index in [0.29, 0.717) is 28.7 Å². The third kappa shape index (κ3) is 4.68. The van der Waals surface area contributed by atoms with Crippen LogP contribution in [0.15, 0.2) is 71.8 Å². The summed E-state index contributed by atoms with van der Waals surface area (Å²) in [4.78, 5) is 29.4. The number of ether oxygens (including phenoxy) is 2. The average molecular weight is 542 g/mol. The van der Waals surface area contributed by atoms with E-state index in [9.17, 15) is 14.7 Å². The lowest BCUT2D eigenvalue weighted by molar-refractivity contribution is -0.141. The van der Waals surface area contributed by atoms with Crippen molar-refractivity contribution in [3.05, 3.63) is 88.6 Å². The average Bonchev–Trinajstić information content (AvgIpc) is 3.59. The summed E-state index contributed by atoms with van der Waals surface area (Å²) in [5, 5.41) is 16.9. The molecule has 1 atom stereocenters. The molecular formula is C30H24ClN3O5. The molecule has 0 spiro atoms. The first-order valence-electron chi connectivity index (χ1n) is 12.6. The van der Waals surface area contributed by atoms with E-state index in [-0.39, 0.29) is 25.5 Å². The highest BCUT2D eigenvalue weighted by Gasteiger charge is 2.36. The van der Waals surface area contributed by atoms with Gasteiger partial charge in [0.25, 0.3) is 0 Å². The zero-order valence-corrected chi connectivity index (χ0v) is 21.8. The summed E-state index contributed by atoms with van der Waals surface area (Å²) >= 11 is 6.42. The lowest BCUT2D eigenvalue weighted by Crippen LogP contribution is -2.27. The van der Waals surface area contributed by atoms with Crippen molar-refractivity contribution in [3.63, 3.8) is 0 Å². The minimum atomic E-state index is -1.04. The van der Waals surface area contributed by atoms with Gasteiger partial charge in [-0.25, -0.2) is 5.01 Å². The largest absolute Gasteiger partial charge is 0.481 e. The molecule has 2 aliphatic rings. The summed E-state index contributed by atoms with van der Waals surface area (Å²) in [5.41, 5.74) is 5.82. The number of carbonyl (C=O) groups excluding carboxylic acids is 1. The molecule has 0 radical (unpaired) electrons. The number of aromatic nitrogens is 1. The number of rotatable bonds is 6. The molecule has 0 saturated carbocycles. The Morgan fingerprint density at radius 3 is 2.59 bits per heavy atom. The number of pyridine rings is 1. The van der Waals surface area contributed by atoms with E-state index in [1.807, 2.05) is 73.7 Å². The number of carbonyl (C=O) groups is 2. The van der Waals surface area contributed by atoms with Crippen LogP contribution in [0.5, 0.6) is 11.5 Å². The van der Waals surface area contributed by atoms with Crippen LogP contribution in [0, 0.1) is 6.92 Å². The number of nitrogens with zero attached hydrogens (tertiary/aromatic N) is 3.